The Morgan fingerprint density at radius 3 is 2.64 bits per heavy atom. The van der Waals surface area contributed by atoms with Crippen molar-refractivity contribution in [2.45, 2.75) is 18.9 Å². The van der Waals surface area contributed by atoms with Crippen LogP contribution in [0.15, 0.2) is 42.6 Å². The van der Waals surface area contributed by atoms with E-state index in [-0.39, 0.29) is 12.3 Å². The molecule has 0 saturated heterocycles. The molecule has 0 spiro atoms. The van der Waals surface area contributed by atoms with Gasteiger partial charge in [-0.05, 0) is 30.5 Å². The first-order chi connectivity index (χ1) is 10.5. The van der Waals surface area contributed by atoms with Crippen LogP contribution in [-0.4, -0.2) is 30.0 Å². The molecule has 1 unspecified atom stereocenters. The van der Waals surface area contributed by atoms with Crippen molar-refractivity contribution in [2.75, 3.05) is 13.7 Å². The first-order valence-electron chi connectivity index (χ1n) is 7.08. The summed E-state index contributed by atoms with van der Waals surface area (Å²) in [5.41, 5.74) is 13.5. The number of Topliss-reactive ketones (excluding diaryl/α,β-unsaturated/α-hetero) is 1. The quantitative estimate of drug-likeness (QED) is 0.844. The average Bonchev–Trinajstić information content (AvgIpc) is 2.54. The number of rotatable bonds is 6. The van der Waals surface area contributed by atoms with Crippen molar-refractivity contribution in [3.8, 4) is 17.0 Å². The number of ether oxygens (including phenoxy) is 1. The molecular formula is C17H21N3O2. The largest absolute Gasteiger partial charge is 0.481 e. The van der Waals surface area contributed by atoms with E-state index < -0.39 is 5.54 Å². The van der Waals surface area contributed by atoms with Crippen LogP contribution in [0.2, 0.25) is 0 Å². The highest BCUT2D eigenvalue weighted by molar-refractivity contribution is 5.89. The lowest BCUT2D eigenvalue weighted by atomic mass is 9.88. The molecule has 5 nitrogen and oxygen atoms in total. The van der Waals surface area contributed by atoms with Crippen molar-refractivity contribution in [3.63, 3.8) is 0 Å². The van der Waals surface area contributed by atoms with Gasteiger partial charge in [-0.15, -0.1) is 0 Å². The average molecular weight is 299 g/mol. The number of pyridine rings is 1. The molecule has 0 bridgehead atoms. The van der Waals surface area contributed by atoms with E-state index in [9.17, 15) is 4.79 Å². The summed E-state index contributed by atoms with van der Waals surface area (Å²) in [7, 11) is 1.58. The van der Waals surface area contributed by atoms with Gasteiger partial charge in [0.1, 0.15) is 0 Å². The van der Waals surface area contributed by atoms with Gasteiger partial charge in [0.2, 0.25) is 5.88 Å². The number of benzene rings is 1. The van der Waals surface area contributed by atoms with Gasteiger partial charge in [-0.3, -0.25) is 4.79 Å². The third-order valence-corrected chi connectivity index (χ3v) is 3.60. The van der Waals surface area contributed by atoms with E-state index in [0.717, 1.165) is 16.7 Å². The number of hydrogen-bond acceptors (Lipinski definition) is 5. The molecule has 2 rings (SSSR count). The molecule has 1 atom stereocenters. The molecule has 0 aliphatic rings. The fraction of sp³-hybridized carbons (Fsp3) is 0.294. The highest BCUT2D eigenvalue weighted by Crippen LogP contribution is 2.23. The Labute approximate surface area is 130 Å². The monoisotopic (exact) mass is 299 g/mol. The summed E-state index contributed by atoms with van der Waals surface area (Å²) < 4.78 is 5.06. The SMILES string of the molecule is COc1ccc(-c2cccc(CC(C)(N)C(=O)CN)c2)cn1. The second kappa shape index (κ2) is 6.68. The Morgan fingerprint density at radius 1 is 1.27 bits per heavy atom. The summed E-state index contributed by atoms with van der Waals surface area (Å²) in [6, 6.07) is 11.7. The van der Waals surface area contributed by atoms with Gasteiger partial charge in [0.05, 0.1) is 19.2 Å². The zero-order chi connectivity index (χ0) is 16.2. The number of ketones is 1. The smallest absolute Gasteiger partial charge is 0.212 e. The summed E-state index contributed by atoms with van der Waals surface area (Å²) in [6.45, 7) is 1.67. The maximum absolute atomic E-state index is 11.8. The van der Waals surface area contributed by atoms with Crippen molar-refractivity contribution in [2.24, 2.45) is 11.5 Å². The summed E-state index contributed by atoms with van der Waals surface area (Å²) in [4.78, 5) is 16.0. The Kier molecular flexibility index (Phi) is 4.90. The summed E-state index contributed by atoms with van der Waals surface area (Å²) in [5, 5.41) is 0. The summed E-state index contributed by atoms with van der Waals surface area (Å²) in [6.07, 6.45) is 2.20. The van der Waals surface area contributed by atoms with Gasteiger partial charge in [0.25, 0.3) is 0 Å². The van der Waals surface area contributed by atoms with Crippen molar-refractivity contribution in [1.82, 2.24) is 4.98 Å². The summed E-state index contributed by atoms with van der Waals surface area (Å²) in [5.74, 6) is 0.423. The molecule has 0 aliphatic carbocycles. The van der Waals surface area contributed by atoms with E-state index in [4.69, 9.17) is 16.2 Å². The molecule has 0 saturated carbocycles. The van der Waals surface area contributed by atoms with Crippen molar-refractivity contribution < 1.29 is 9.53 Å². The molecule has 116 valence electrons. The maximum Gasteiger partial charge on any atom is 0.212 e. The van der Waals surface area contributed by atoms with Gasteiger partial charge in [-0.25, -0.2) is 4.98 Å². The van der Waals surface area contributed by atoms with Gasteiger partial charge in [-0.1, -0.05) is 24.3 Å². The minimum atomic E-state index is -0.953. The minimum Gasteiger partial charge on any atom is -0.481 e. The normalized spacial score (nSPS) is 13.5. The molecule has 0 aliphatic heterocycles. The third kappa shape index (κ3) is 3.69. The maximum atomic E-state index is 11.8. The van der Waals surface area contributed by atoms with Crippen LogP contribution in [0.4, 0.5) is 0 Å². The van der Waals surface area contributed by atoms with Crippen LogP contribution in [0.1, 0.15) is 12.5 Å². The van der Waals surface area contributed by atoms with Gasteiger partial charge < -0.3 is 16.2 Å². The number of nitrogens with zero attached hydrogens (tertiary/aromatic N) is 1. The zero-order valence-electron chi connectivity index (χ0n) is 12.9. The zero-order valence-corrected chi connectivity index (χ0v) is 12.9. The fourth-order valence-electron chi connectivity index (χ4n) is 2.29. The van der Waals surface area contributed by atoms with Gasteiger partial charge >= 0.3 is 0 Å². The second-order valence-electron chi connectivity index (χ2n) is 5.51. The molecule has 1 aromatic carbocycles. The number of carbonyl (C=O) groups is 1. The summed E-state index contributed by atoms with van der Waals surface area (Å²) >= 11 is 0. The predicted molar refractivity (Wildman–Crippen MR) is 86.6 cm³/mol. The molecule has 5 heteroatoms. The number of hydrogen-bond donors (Lipinski definition) is 2. The third-order valence-electron chi connectivity index (χ3n) is 3.60. The van der Waals surface area contributed by atoms with Crippen molar-refractivity contribution >= 4 is 5.78 Å². The Hall–Kier alpha value is -2.24. The molecule has 22 heavy (non-hydrogen) atoms. The molecule has 0 radical (unpaired) electrons. The Bertz CT molecular complexity index is 651. The van der Waals surface area contributed by atoms with Gasteiger partial charge in [0.15, 0.2) is 5.78 Å². The van der Waals surface area contributed by atoms with E-state index in [2.05, 4.69) is 4.98 Å². The van der Waals surface area contributed by atoms with Crippen LogP contribution in [0.3, 0.4) is 0 Å². The van der Waals surface area contributed by atoms with Crippen molar-refractivity contribution in [1.29, 1.82) is 0 Å². The van der Waals surface area contributed by atoms with Gasteiger partial charge in [0, 0.05) is 17.8 Å². The van der Waals surface area contributed by atoms with Crippen LogP contribution >= 0.6 is 0 Å². The molecule has 0 fully saturated rings. The number of nitrogens with two attached hydrogens (primary N) is 2. The highest BCUT2D eigenvalue weighted by atomic mass is 16.5. The van der Waals surface area contributed by atoms with Crippen LogP contribution < -0.4 is 16.2 Å². The molecule has 0 amide bonds. The number of methoxy groups -OCH3 is 1. The van der Waals surface area contributed by atoms with E-state index >= 15 is 0 Å². The van der Waals surface area contributed by atoms with Crippen LogP contribution in [-0.2, 0) is 11.2 Å². The van der Waals surface area contributed by atoms with Gasteiger partial charge in [-0.2, -0.15) is 0 Å². The van der Waals surface area contributed by atoms with Crippen molar-refractivity contribution in [3.05, 3.63) is 48.2 Å². The Balaban J connectivity index is 2.24. The van der Waals surface area contributed by atoms with Crippen LogP contribution in [0.25, 0.3) is 11.1 Å². The fourth-order valence-corrected chi connectivity index (χ4v) is 2.29. The minimum absolute atomic E-state index is 0.0465. The van der Waals surface area contributed by atoms with Crippen LogP contribution in [0.5, 0.6) is 5.88 Å². The lowest BCUT2D eigenvalue weighted by molar-refractivity contribution is -0.122. The Morgan fingerprint density at radius 2 is 2.05 bits per heavy atom. The van der Waals surface area contributed by atoms with E-state index in [1.165, 1.54) is 0 Å². The standard InChI is InChI=1S/C17H21N3O2/c1-17(19,15(21)10-18)9-12-4-3-5-13(8-12)14-6-7-16(22-2)20-11-14/h3-8,11H,9-10,18-19H2,1-2H3. The number of aromatic nitrogens is 1. The van der Waals surface area contributed by atoms with E-state index in [1.807, 2.05) is 36.4 Å². The second-order valence-corrected chi connectivity index (χ2v) is 5.51. The first-order valence-corrected chi connectivity index (χ1v) is 7.08. The topological polar surface area (TPSA) is 91.2 Å². The van der Waals surface area contributed by atoms with E-state index in [1.54, 1.807) is 20.2 Å². The number of carbonyl (C=O) groups excluding carboxylic acids is 1. The lowest BCUT2D eigenvalue weighted by Crippen LogP contribution is -2.49. The molecular weight excluding hydrogens is 278 g/mol. The van der Waals surface area contributed by atoms with Crippen LogP contribution in [0, 0.1) is 0 Å². The first kappa shape index (κ1) is 16.1. The molecule has 2 aromatic rings. The lowest BCUT2D eigenvalue weighted by Gasteiger charge is -2.22. The molecule has 1 aromatic heterocycles. The molecule has 4 N–H and O–H groups in total. The molecule has 1 heterocycles. The predicted octanol–water partition coefficient (Wildman–Crippen LogP) is 1.54. The van der Waals surface area contributed by atoms with E-state index in [0.29, 0.717) is 12.3 Å². The highest BCUT2D eigenvalue weighted by Gasteiger charge is 2.27.